The molecule has 1 amide bonds. The lowest BCUT2D eigenvalue weighted by atomic mass is 9.70. The van der Waals surface area contributed by atoms with E-state index in [0.29, 0.717) is 29.6 Å². The highest BCUT2D eigenvalue weighted by molar-refractivity contribution is 5.69. The van der Waals surface area contributed by atoms with Crippen molar-refractivity contribution >= 4 is 6.09 Å². The minimum absolute atomic E-state index is 0.105. The van der Waals surface area contributed by atoms with Gasteiger partial charge in [0.05, 0.1) is 0 Å². The number of hydrogen-bond donors (Lipinski definition) is 1. The number of fused-ring (bicyclic) bond motifs is 2. The summed E-state index contributed by atoms with van der Waals surface area (Å²) in [5, 5.41) is 3.98. The number of piperidine rings is 1. The first-order valence-corrected chi connectivity index (χ1v) is 10.3. The van der Waals surface area contributed by atoms with Gasteiger partial charge in [-0.3, -0.25) is 0 Å². The van der Waals surface area contributed by atoms with E-state index >= 15 is 0 Å². The van der Waals surface area contributed by atoms with Crippen molar-refractivity contribution in [3.63, 3.8) is 0 Å². The summed E-state index contributed by atoms with van der Waals surface area (Å²) in [6, 6.07) is 1.93. The Kier molecular flexibility index (Phi) is 5.13. The minimum Gasteiger partial charge on any atom is -0.444 e. The summed E-state index contributed by atoms with van der Waals surface area (Å²) in [7, 11) is 0. The number of carbonyl (C=O) groups is 1. The lowest BCUT2D eigenvalue weighted by Crippen LogP contribution is -2.55. The summed E-state index contributed by atoms with van der Waals surface area (Å²) < 4.78 is 5.65. The van der Waals surface area contributed by atoms with Crippen LogP contribution in [0.5, 0.6) is 0 Å². The molecule has 4 unspecified atom stereocenters. The first-order valence-electron chi connectivity index (χ1n) is 10.3. The molecule has 4 atom stereocenters. The van der Waals surface area contributed by atoms with Gasteiger partial charge >= 0.3 is 6.09 Å². The monoisotopic (exact) mass is 350 g/mol. The Bertz CT molecular complexity index is 483. The number of nitrogens with one attached hydrogen (secondary N) is 1. The van der Waals surface area contributed by atoms with Gasteiger partial charge < -0.3 is 15.0 Å². The van der Waals surface area contributed by atoms with Crippen molar-refractivity contribution in [2.24, 2.45) is 11.3 Å². The zero-order valence-corrected chi connectivity index (χ0v) is 17.1. The molecule has 2 bridgehead atoms. The van der Waals surface area contributed by atoms with E-state index in [4.69, 9.17) is 4.74 Å². The molecule has 4 nitrogen and oxygen atoms in total. The van der Waals surface area contributed by atoms with Gasteiger partial charge in [0.15, 0.2) is 0 Å². The predicted octanol–water partition coefficient (Wildman–Crippen LogP) is 4.72. The van der Waals surface area contributed by atoms with Crippen LogP contribution in [0.25, 0.3) is 0 Å². The van der Waals surface area contributed by atoms with E-state index < -0.39 is 5.60 Å². The molecule has 0 spiro atoms. The molecule has 2 saturated heterocycles. The zero-order chi connectivity index (χ0) is 18.4. The van der Waals surface area contributed by atoms with E-state index in [1.165, 1.54) is 19.3 Å². The molecule has 0 radical (unpaired) electrons. The maximum atomic E-state index is 12.6. The van der Waals surface area contributed by atoms with Gasteiger partial charge in [0, 0.05) is 24.2 Å². The van der Waals surface area contributed by atoms with Crippen LogP contribution in [0.2, 0.25) is 0 Å². The molecule has 0 aromatic carbocycles. The highest BCUT2D eigenvalue weighted by Gasteiger charge is 2.45. The lowest BCUT2D eigenvalue weighted by Gasteiger charge is -2.44. The third kappa shape index (κ3) is 4.50. The quantitative estimate of drug-likeness (QED) is 0.783. The Balaban J connectivity index is 1.56. The average Bonchev–Trinajstić information content (AvgIpc) is 2.71. The van der Waals surface area contributed by atoms with Crippen molar-refractivity contribution in [2.75, 3.05) is 0 Å². The van der Waals surface area contributed by atoms with Crippen molar-refractivity contribution in [1.29, 1.82) is 0 Å². The van der Waals surface area contributed by atoms with E-state index in [0.717, 1.165) is 31.6 Å². The van der Waals surface area contributed by atoms with Crippen LogP contribution < -0.4 is 5.32 Å². The van der Waals surface area contributed by atoms with Crippen LogP contribution in [0, 0.1) is 11.3 Å². The zero-order valence-electron chi connectivity index (χ0n) is 17.1. The highest BCUT2D eigenvalue weighted by atomic mass is 16.6. The molecule has 2 aliphatic heterocycles. The van der Waals surface area contributed by atoms with Crippen LogP contribution in [0.15, 0.2) is 0 Å². The SMILES string of the molecule is CC1CC(C)(C)CCC1NC1CC2CCC(C1)N2C(=O)OC(C)(C)C. The van der Waals surface area contributed by atoms with Crippen molar-refractivity contribution in [3.05, 3.63) is 0 Å². The summed E-state index contributed by atoms with van der Waals surface area (Å²) in [6.45, 7) is 13.1. The molecular weight excluding hydrogens is 312 g/mol. The van der Waals surface area contributed by atoms with Gasteiger partial charge in [-0.25, -0.2) is 4.79 Å². The molecule has 144 valence electrons. The van der Waals surface area contributed by atoms with Gasteiger partial charge in [-0.2, -0.15) is 0 Å². The Labute approximate surface area is 154 Å². The van der Waals surface area contributed by atoms with E-state index in [9.17, 15) is 4.79 Å². The second-order valence-corrected chi connectivity index (χ2v) is 10.6. The second-order valence-electron chi connectivity index (χ2n) is 10.6. The van der Waals surface area contributed by atoms with Crippen molar-refractivity contribution in [2.45, 2.75) is 116 Å². The van der Waals surface area contributed by atoms with Crippen molar-refractivity contribution in [1.82, 2.24) is 10.2 Å². The number of amides is 1. The van der Waals surface area contributed by atoms with Crippen LogP contribution in [0.4, 0.5) is 4.79 Å². The third-order valence-corrected chi connectivity index (χ3v) is 6.48. The maximum Gasteiger partial charge on any atom is 0.410 e. The largest absolute Gasteiger partial charge is 0.444 e. The van der Waals surface area contributed by atoms with Gasteiger partial charge in [-0.05, 0) is 77.0 Å². The first-order chi connectivity index (χ1) is 11.5. The lowest BCUT2D eigenvalue weighted by molar-refractivity contribution is 0.00312. The van der Waals surface area contributed by atoms with Crippen LogP contribution in [0.1, 0.15) is 86.5 Å². The Morgan fingerprint density at radius 2 is 1.72 bits per heavy atom. The summed E-state index contributed by atoms with van der Waals surface area (Å²) in [4.78, 5) is 14.6. The maximum absolute atomic E-state index is 12.6. The van der Waals surface area contributed by atoms with E-state index in [1.807, 2.05) is 20.8 Å². The second kappa shape index (κ2) is 6.75. The fourth-order valence-electron chi connectivity index (χ4n) is 5.42. The normalized spacial score (nSPS) is 37.8. The number of ether oxygens (including phenoxy) is 1. The van der Waals surface area contributed by atoms with Gasteiger partial charge in [0.1, 0.15) is 5.60 Å². The minimum atomic E-state index is -0.407. The van der Waals surface area contributed by atoms with Crippen LogP contribution in [-0.2, 0) is 4.74 Å². The Hall–Kier alpha value is -0.770. The van der Waals surface area contributed by atoms with E-state index in [-0.39, 0.29) is 6.09 Å². The van der Waals surface area contributed by atoms with Gasteiger partial charge in [0.2, 0.25) is 0 Å². The number of rotatable bonds is 2. The Morgan fingerprint density at radius 1 is 1.12 bits per heavy atom. The average molecular weight is 351 g/mol. The van der Waals surface area contributed by atoms with Crippen LogP contribution in [0.3, 0.4) is 0 Å². The van der Waals surface area contributed by atoms with Gasteiger partial charge in [-0.15, -0.1) is 0 Å². The first kappa shape index (κ1) is 19.0. The van der Waals surface area contributed by atoms with Crippen LogP contribution in [-0.4, -0.2) is 40.8 Å². The highest BCUT2D eigenvalue weighted by Crippen LogP contribution is 2.41. The molecule has 2 heterocycles. The van der Waals surface area contributed by atoms with E-state index in [2.05, 4.69) is 31.0 Å². The molecule has 4 heteroatoms. The van der Waals surface area contributed by atoms with E-state index in [1.54, 1.807) is 0 Å². The molecular formula is C21H38N2O2. The van der Waals surface area contributed by atoms with Crippen LogP contribution >= 0.6 is 0 Å². The summed E-state index contributed by atoms with van der Waals surface area (Å²) in [5.41, 5.74) is 0.0899. The number of hydrogen-bond acceptors (Lipinski definition) is 3. The van der Waals surface area contributed by atoms with Gasteiger partial charge in [-0.1, -0.05) is 20.8 Å². The predicted molar refractivity (Wildman–Crippen MR) is 102 cm³/mol. The standard InChI is InChI=1S/C21H38N2O2/c1-14-13-21(5,6)10-9-18(14)22-15-11-16-7-8-17(12-15)23(16)19(24)25-20(2,3)4/h14-18,22H,7-13H2,1-6H3. The smallest absolute Gasteiger partial charge is 0.410 e. The molecule has 1 N–H and O–H groups in total. The molecule has 1 saturated carbocycles. The molecule has 25 heavy (non-hydrogen) atoms. The summed E-state index contributed by atoms with van der Waals surface area (Å²) in [5.74, 6) is 0.741. The molecule has 3 rings (SSSR count). The van der Waals surface area contributed by atoms with Crippen molar-refractivity contribution in [3.8, 4) is 0 Å². The number of carbonyl (C=O) groups excluding carboxylic acids is 1. The summed E-state index contributed by atoms with van der Waals surface area (Å²) >= 11 is 0. The van der Waals surface area contributed by atoms with Gasteiger partial charge in [0.25, 0.3) is 0 Å². The molecule has 0 aromatic heterocycles. The van der Waals surface area contributed by atoms with Crippen molar-refractivity contribution < 1.29 is 9.53 Å². The molecule has 0 aromatic rings. The third-order valence-electron chi connectivity index (χ3n) is 6.48. The fourth-order valence-corrected chi connectivity index (χ4v) is 5.42. The molecule has 3 aliphatic rings. The molecule has 1 aliphatic carbocycles. The fraction of sp³-hybridized carbons (Fsp3) is 0.952. The summed E-state index contributed by atoms with van der Waals surface area (Å²) in [6.07, 6.45) is 8.25. The Morgan fingerprint density at radius 3 is 2.24 bits per heavy atom. The topological polar surface area (TPSA) is 41.6 Å². The number of nitrogens with zero attached hydrogens (tertiary/aromatic N) is 1. The molecule has 3 fully saturated rings.